The number of hydrogen-bond donors (Lipinski definition) is 2. The summed E-state index contributed by atoms with van der Waals surface area (Å²) in [4.78, 5) is 13.7. The van der Waals surface area contributed by atoms with Crippen molar-refractivity contribution < 1.29 is 10.2 Å². The predicted octanol–water partition coefficient (Wildman–Crippen LogP) is 6.51. The van der Waals surface area contributed by atoms with Crippen LogP contribution in [-0.4, -0.2) is 42.6 Å². The minimum Gasteiger partial charge on any atom is -0.508 e. The molecule has 1 atom stereocenters. The van der Waals surface area contributed by atoms with Crippen molar-refractivity contribution in [3.8, 4) is 11.5 Å². The Morgan fingerprint density at radius 3 is 1.78 bits per heavy atom. The standard InChI is InChI=1S/C29H30Br2N4O2/c1-21(35(20-27-7-3-5-13-33-27)18-23-15-25(31)9-11-29(23)37)16-34(19-26-6-2-4-12-32-26)17-22-14-24(30)8-10-28(22)36/h2-15,21,36-37H,16-20H2,1H3. The Morgan fingerprint density at radius 2 is 1.24 bits per heavy atom. The SMILES string of the molecule is CC(CN(Cc1ccccn1)Cc1cc(Br)ccc1O)N(Cc1ccccn1)Cc1cc(Br)ccc1O. The van der Waals surface area contributed by atoms with Gasteiger partial charge in [0.15, 0.2) is 0 Å². The number of benzene rings is 2. The van der Waals surface area contributed by atoms with E-state index in [0.717, 1.165) is 31.5 Å². The highest BCUT2D eigenvalue weighted by molar-refractivity contribution is 9.10. The van der Waals surface area contributed by atoms with Crippen LogP contribution in [0.4, 0.5) is 0 Å². The molecule has 0 aliphatic carbocycles. The lowest BCUT2D eigenvalue weighted by Gasteiger charge is -2.34. The van der Waals surface area contributed by atoms with Gasteiger partial charge in [0.1, 0.15) is 11.5 Å². The van der Waals surface area contributed by atoms with Gasteiger partial charge in [-0.3, -0.25) is 19.8 Å². The van der Waals surface area contributed by atoms with E-state index in [1.165, 1.54) is 0 Å². The molecule has 1 unspecified atom stereocenters. The third-order valence-corrected chi connectivity index (χ3v) is 7.19. The van der Waals surface area contributed by atoms with Gasteiger partial charge in [0, 0.05) is 71.2 Å². The quantitative estimate of drug-likeness (QED) is 0.198. The summed E-state index contributed by atoms with van der Waals surface area (Å²) in [7, 11) is 0. The molecule has 0 aliphatic heterocycles. The highest BCUT2D eigenvalue weighted by Crippen LogP contribution is 2.27. The average molecular weight is 626 g/mol. The van der Waals surface area contributed by atoms with Gasteiger partial charge in [-0.2, -0.15) is 0 Å². The Hall–Kier alpha value is -2.78. The summed E-state index contributed by atoms with van der Waals surface area (Å²) in [6, 6.07) is 23.0. The Bertz CT molecular complexity index is 1290. The fourth-order valence-electron chi connectivity index (χ4n) is 4.28. The number of phenolic OH excluding ortho intramolecular Hbond substituents is 2. The first-order valence-corrected chi connectivity index (χ1v) is 13.7. The van der Waals surface area contributed by atoms with Crippen LogP contribution in [-0.2, 0) is 26.2 Å². The first-order chi connectivity index (χ1) is 17.9. The lowest BCUT2D eigenvalue weighted by Crippen LogP contribution is -2.41. The molecule has 0 radical (unpaired) electrons. The van der Waals surface area contributed by atoms with E-state index in [0.29, 0.717) is 32.7 Å². The number of hydrogen-bond acceptors (Lipinski definition) is 6. The highest BCUT2D eigenvalue weighted by atomic mass is 79.9. The molecule has 6 nitrogen and oxygen atoms in total. The van der Waals surface area contributed by atoms with Crippen LogP contribution in [0.25, 0.3) is 0 Å². The van der Waals surface area contributed by atoms with E-state index in [2.05, 4.69) is 58.6 Å². The highest BCUT2D eigenvalue weighted by Gasteiger charge is 2.21. The Kier molecular flexibility index (Phi) is 9.68. The summed E-state index contributed by atoms with van der Waals surface area (Å²) in [5.41, 5.74) is 3.62. The van der Waals surface area contributed by atoms with Gasteiger partial charge in [0.25, 0.3) is 0 Å². The molecule has 37 heavy (non-hydrogen) atoms. The van der Waals surface area contributed by atoms with Crippen LogP contribution < -0.4 is 0 Å². The molecule has 0 aliphatic rings. The summed E-state index contributed by atoms with van der Waals surface area (Å²) in [6.45, 7) is 5.28. The predicted molar refractivity (Wildman–Crippen MR) is 153 cm³/mol. The first-order valence-electron chi connectivity index (χ1n) is 12.1. The topological polar surface area (TPSA) is 72.7 Å². The third-order valence-electron chi connectivity index (χ3n) is 6.20. The number of nitrogens with zero attached hydrogens (tertiary/aromatic N) is 4. The molecule has 2 aromatic heterocycles. The van der Waals surface area contributed by atoms with Crippen LogP contribution in [0.3, 0.4) is 0 Å². The molecule has 192 valence electrons. The number of phenols is 2. The largest absolute Gasteiger partial charge is 0.508 e. The number of aromatic nitrogens is 2. The van der Waals surface area contributed by atoms with Crippen molar-refractivity contribution in [3.63, 3.8) is 0 Å². The summed E-state index contributed by atoms with van der Waals surface area (Å²) in [5, 5.41) is 21.1. The molecule has 4 rings (SSSR count). The number of aromatic hydroxyl groups is 2. The lowest BCUT2D eigenvalue weighted by atomic mass is 10.1. The van der Waals surface area contributed by atoms with E-state index in [-0.39, 0.29) is 17.5 Å². The van der Waals surface area contributed by atoms with Crippen molar-refractivity contribution in [2.45, 2.75) is 39.1 Å². The van der Waals surface area contributed by atoms with Gasteiger partial charge in [-0.1, -0.05) is 44.0 Å². The maximum absolute atomic E-state index is 10.5. The zero-order chi connectivity index (χ0) is 26.2. The molecule has 8 heteroatoms. The maximum atomic E-state index is 10.5. The molecule has 0 saturated heterocycles. The van der Waals surface area contributed by atoms with E-state index < -0.39 is 0 Å². The molecule has 2 aromatic carbocycles. The molecule has 0 fully saturated rings. The van der Waals surface area contributed by atoms with Gasteiger partial charge < -0.3 is 10.2 Å². The molecule has 0 spiro atoms. The molecular weight excluding hydrogens is 596 g/mol. The summed E-state index contributed by atoms with van der Waals surface area (Å²) in [6.07, 6.45) is 3.61. The van der Waals surface area contributed by atoms with E-state index in [4.69, 9.17) is 0 Å². The zero-order valence-corrected chi connectivity index (χ0v) is 23.8. The van der Waals surface area contributed by atoms with Crippen LogP contribution in [0.2, 0.25) is 0 Å². The minimum atomic E-state index is 0.0957. The summed E-state index contributed by atoms with van der Waals surface area (Å²) >= 11 is 7.06. The van der Waals surface area contributed by atoms with Crippen molar-refractivity contribution >= 4 is 31.9 Å². The Balaban J connectivity index is 1.60. The van der Waals surface area contributed by atoms with Crippen molar-refractivity contribution in [3.05, 3.63) is 117 Å². The van der Waals surface area contributed by atoms with Gasteiger partial charge in [0.05, 0.1) is 11.4 Å². The number of rotatable bonds is 11. The van der Waals surface area contributed by atoms with Crippen molar-refractivity contribution in [1.82, 2.24) is 19.8 Å². The van der Waals surface area contributed by atoms with Crippen molar-refractivity contribution in [1.29, 1.82) is 0 Å². The minimum absolute atomic E-state index is 0.0957. The first kappa shape index (κ1) is 27.3. The van der Waals surface area contributed by atoms with Crippen LogP contribution >= 0.6 is 31.9 Å². The van der Waals surface area contributed by atoms with Crippen LogP contribution in [0, 0.1) is 0 Å². The smallest absolute Gasteiger partial charge is 0.120 e. The molecular formula is C29H30Br2N4O2. The monoisotopic (exact) mass is 624 g/mol. The second-order valence-electron chi connectivity index (χ2n) is 9.11. The normalized spacial score (nSPS) is 12.2. The Morgan fingerprint density at radius 1 is 0.703 bits per heavy atom. The van der Waals surface area contributed by atoms with Crippen LogP contribution in [0.5, 0.6) is 11.5 Å². The molecule has 0 bridgehead atoms. The second-order valence-corrected chi connectivity index (χ2v) is 10.9. The van der Waals surface area contributed by atoms with Crippen molar-refractivity contribution in [2.75, 3.05) is 6.54 Å². The number of halogens is 2. The lowest BCUT2D eigenvalue weighted by molar-refractivity contribution is 0.124. The fourth-order valence-corrected chi connectivity index (χ4v) is 5.10. The zero-order valence-electron chi connectivity index (χ0n) is 20.6. The van der Waals surface area contributed by atoms with Gasteiger partial charge in [0.2, 0.25) is 0 Å². The van der Waals surface area contributed by atoms with Crippen LogP contribution in [0.1, 0.15) is 29.4 Å². The van der Waals surface area contributed by atoms with E-state index in [9.17, 15) is 10.2 Å². The molecule has 0 amide bonds. The van der Waals surface area contributed by atoms with Gasteiger partial charge >= 0.3 is 0 Å². The molecule has 2 heterocycles. The van der Waals surface area contributed by atoms with Crippen molar-refractivity contribution in [2.24, 2.45) is 0 Å². The summed E-state index contributed by atoms with van der Waals surface area (Å²) in [5.74, 6) is 0.539. The second kappa shape index (κ2) is 13.1. The third kappa shape index (κ3) is 8.10. The van der Waals surface area contributed by atoms with E-state index in [1.54, 1.807) is 24.5 Å². The fraction of sp³-hybridized carbons (Fsp3) is 0.241. The van der Waals surface area contributed by atoms with Gasteiger partial charge in [-0.15, -0.1) is 0 Å². The molecule has 4 aromatic rings. The molecule has 0 saturated carbocycles. The average Bonchev–Trinajstić information content (AvgIpc) is 2.89. The Labute approximate surface area is 234 Å². The van der Waals surface area contributed by atoms with Gasteiger partial charge in [-0.05, 0) is 67.6 Å². The van der Waals surface area contributed by atoms with E-state index >= 15 is 0 Å². The maximum Gasteiger partial charge on any atom is 0.120 e. The van der Waals surface area contributed by atoms with Gasteiger partial charge in [-0.25, -0.2) is 0 Å². The number of pyridine rings is 2. The molecule has 2 N–H and O–H groups in total. The summed E-state index contributed by atoms with van der Waals surface area (Å²) < 4.78 is 1.85. The van der Waals surface area contributed by atoms with Crippen LogP contribution in [0.15, 0.2) is 94.1 Å². The van der Waals surface area contributed by atoms with E-state index in [1.807, 2.05) is 60.7 Å².